The fourth-order valence-corrected chi connectivity index (χ4v) is 3.83. The minimum absolute atomic E-state index is 0.0705. The molecule has 1 N–H and O–H groups in total. The maximum Gasteiger partial charge on any atom is 0.285 e. The van der Waals surface area contributed by atoms with Gasteiger partial charge < -0.3 is 5.32 Å². The maximum absolute atomic E-state index is 14.0. The first-order valence-corrected chi connectivity index (χ1v) is 7.71. The Hall–Kier alpha value is -1.26. The molecule has 0 fully saturated rings. The second-order valence-corrected chi connectivity index (χ2v) is 6.41. The molecular weight excluding hydrogens is 276 g/mol. The predicted molar refractivity (Wildman–Crippen MR) is 78.4 cm³/mol. The number of hydrogen-bond donors (Lipinski definition) is 1. The van der Waals surface area contributed by atoms with E-state index in [0.29, 0.717) is 6.54 Å². The van der Waals surface area contributed by atoms with E-state index in [1.54, 1.807) is 29.5 Å². The minimum atomic E-state index is -2.82. The number of rotatable bonds is 5. The molecule has 4 heteroatoms. The van der Waals surface area contributed by atoms with Gasteiger partial charge in [-0.05, 0) is 30.9 Å². The zero-order valence-electron chi connectivity index (χ0n) is 11.2. The second kappa shape index (κ2) is 5.62. The van der Waals surface area contributed by atoms with E-state index in [0.717, 1.165) is 12.8 Å². The quantitative estimate of drug-likeness (QED) is 0.874. The summed E-state index contributed by atoms with van der Waals surface area (Å²) < 4.78 is 27.9. The summed E-state index contributed by atoms with van der Waals surface area (Å²) in [4.78, 5) is 2.61. The monoisotopic (exact) mass is 293 g/mol. The van der Waals surface area contributed by atoms with Crippen molar-refractivity contribution in [2.24, 2.45) is 0 Å². The van der Waals surface area contributed by atoms with E-state index in [1.165, 1.54) is 33.9 Å². The van der Waals surface area contributed by atoms with Gasteiger partial charge in [0.15, 0.2) is 0 Å². The third-order valence-corrected chi connectivity index (χ3v) is 4.88. The predicted octanol–water partition coefficient (Wildman–Crippen LogP) is 4.12. The van der Waals surface area contributed by atoms with Crippen LogP contribution in [0.25, 0.3) is 0 Å². The molecule has 0 saturated carbocycles. The van der Waals surface area contributed by atoms with Gasteiger partial charge in [-0.2, -0.15) is 8.78 Å². The Kier molecular flexibility index (Phi) is 3.85. The lowest BCUT2D eigenvalue weighted by Crippen LogP contribution is -2.30. The molecule has 20 heavy (non-hydrogen) atoms. The summed E-state index contributed by atoms with van der Waals surface area (Å²) in [5.41, 5.74) is 1.49. The topological polar surface area (TPSA) is 12.0 Å². The molecule has 0 aliphatic heterocycles. The highest BCUT2D eigenvalue weighted by atomic mass is 32.1. The number of thiophene rings is 1. The van der Waals surface area contributed by atoms with Gasteiger partial charge >= 0.3 is 0 Å². The van der Waals surface area contributed by atoms with E-state index in [9.17, 15) is 8.78 Å². The van der Waals surface area contributed by atoms with Gasteiger partial charge in [-0.25, -0.2) is 0 Å². The lowest BCUT2D eigenvalue weighted by Gasteiger charge is -2.17. The van der Waals surface area contributed by atoms with Crippen molar-refractivity contribution in [3.05, 3.63) is 57.3 Å². The molecule has 106 valence electrons. The largest absolute Gasteiger partial charge is 0.306 e. The van der Waals surface area contributed by atoms with Crippen LogP contribution in [0.5, 0.6) is 0 Å². The van der Waals surface area contributed by atoms with Crippen LogP contribution in [-0.4, -0.2) is 6.54 Å². The lowest BCUT2D eigenvalue weighted by atomic mass is 10.1. The van der Waals surface area contributed by atoms with Crippen LogP contribution < -0.4 is 5.32 Å². The van der Waals surface area contributed by atoms with Crippen LogP contribution in [0.3, 0.4) is 0 Å². The molecule has 0 atom stereocenters. The molecule has 0 bridgehead atoms. The number of benzene rings is 1. The SMILES string of the molecule is FC(F)(CNCc1cc2c(s1)CCC2)c1ccccc1. The van der Waals surface area contributed by atoms with Crippen LogP contribution in [-0.2, 0) is 25.3 Å². The van der Waals surface area contributed by atoms with E-state index in [2.05, 4.69) is 11.4 Å². The number of fused-ring (bicyclic) bond motifs is 1. The smallest absolute Gasteiger partial charge is 0.285 e. The molecule has 1 aliphatic rings. The molecular formula is C16H17F2NS. The van der Waals surface area contributed by atoms with Gasteiger partial charge in [0.1, 0.15) is 0 Å². The van der Waals surface area contributed by atoms with Gasteiger partial charge in [-0.1, -0.05) is 30.3 Å². The van der Waals surface area contributed by atoms with Crippen molar-refractivity contribution >= 4 is 11.3 Å². The molecule has 1 nitrogen and oxygen atoms in total. The summed E-state index contributed by atoms with van der Waals surface area (Å²) in [5, 5.41) is 2.89. The zero-order valence-corrected chi connectivity index (χ0v) is 12.0. The molecule has 0 saturated heterocycles. The molecule has 1 heterocycles. The molecule has 3 rings (SSSR count). The normalized spacial score (nSPS) is 14.5. The van der Waals surface area contributed by atoms with E-state index < -0.39 is 5.92 Å². The Bertz CT molecular complexity index is 556. The highest BCUT2D eigenvalue weighted by Gasteiger charge is 2.30. The number of halogens is 2. The van der Waals surface area contributed by atoms with Gasteiger partial charge in [0.2, 0.25) is 0 Å². The third-order valence-electron chi connectivity index (χ3n) is 3.64. The molecule has 2 aromatic rings. The summed E-state index contributed by atoms with van der Waals surface area (Å²) in [6.45, 7) is 0.208. The number of aryl methyl sites for hydroxylation is 2. The first kappa shape index (κ1) is 13.7. The Morgan fingerprint density at radius 2 is 1.95 bits per heavy atom. The van der Waals surface area contributed by atoms with Crippen molar-refractivity contribution < 1.29 is 8.78 Å². The van der Waals surface area contributed by atoms with Crippen molar-refractivity contribution in [1.29, 1.82) is 0 Å². The van der Waals surface area contributed by atoms with Gasteiger partial charge in [-0.3, -0.25) is 0 Å². The van der Waals surface area contributed by atoms with Crippen LogP contribution in [0, 0.1) is 0 Å². The number of hydrogen-bond acceptors (Lipinski definition) is 2. The van der Waals surface area contributed by atoms with E-state index in [1.807, 2.05) is 0 Å². The maximum atomic E-state index is 14.0. The Morgan fingerprint density at radius 3 is 2.70 bits per heavy atom. The molecule has 1 aromatic carbocycles. The summed E-state index contributed by atoms with van der Waals surface area (Å²) in [6, 6.07) is 10.2. The lowest BCUT2D eigenvalue weighted by molar-refractivity contribution is -0.00337. The molecule has 1 aromatic heterocycles. The van der Waals surface area contributed by atoms with E-state index in [4.69, 9.17) is 0 Å². The first-order chi connectivity index (χ1) is 9.65. The fourth-order valence-electron chi connectivity index (χ4n) is 2.60. The summed E-state index contributed by atoms with van der Waals surface area (Å²) in [5.74, 6) is -2.82. The van der Waals surface area contributed by atoms with Crippen molar-refractivity contribution in [1.82, 2.24) is 5.32 Å². The highest BCUT2D eigenvalue weighted by Crippen LogP contribution is 2.31. The van der Waals surface area contributed by atoms with E-state index in [-0.39, 0.29) is 12.1 Å². The van der Waals surface area contributed by atoms with Crippen LogP contribution in [0.1, 0.15) is 27.3 Å². The standard InChI is InChI=1S/C16H17F2NS/c17-16(18,13-6-2-1-3-7-13)11-19-10-14-9-12-5-4-8-15(12)20-14/h1-3,6-7,9,19H,4-5,8,10-11H2. The average Bonchev–Trinajstić information content (AvgIpc) is 3.00. The third kappa shape index (κ3) is 2.91. The molecule has 0 amide bonds. The molecule has 0 radical (unpaired) electrons. The summed E-state index contributed by atoms with van der Waals surface area (Å²) in [6.07, 6.45) is 3.53. The number of nitrogens with one attached hydrogen (secondary N) is 1. The van der Waals surface area contributed by atoms with Gasteiger partial charge in [0, 0.05) is 21.9 Å². The zero-order chi connectivity index (χ0) is 14.0. The van der Waals surface area contributed by atoms with Crippen molar-refractivity contribution in [3.63, 3.8) is 0 Å². The van der Waals surface area contributed by atoms with Gasteiger partial charge in [-0.15, -0.1) is 11.3 Å². The van der Waals surface area contributed by atoms with Crippen molar-refractivity contribution in [2.45, 2.75) is 31.7 Å². The van der Waals surface area contributed by atoms with Crippen LogP contribution in [0.2, 0.25) is 0 Å². The minimum Gasteiger partial charge on any atom is -0.306 e. The van der Waals surface area contributed by atoms with Crippen molar-refractivity contribution in [3.8, 4) is 0 Å². The molecule has 0 unspecified atom stereocenters. The second-order valence-electron chi connectivity index (χ2n) is 5.19. The van der Waals surface area contributed by atoms with E-state index >= 15 is 0 Å². The first-order valence-electron chi connectivity index (χ1n) is 6.90. The Morgan fingerprint density at radius 1 is 1.15 bits per heavy atom. The van der Waals surface area contributed by atoms with Crippen molar-refractivity contribution in [2.75, 3.05) is 6.54 Å². The van der Waals surface area contributed by atoms with Gasteiger partial charge in [0.25, 0.3) is 5.92 Å². The summed E-state index contributed by atoms with van der Waals surface area (Å²) >= 11 is 1.76. The molecule has 1 aliphatic carbocycles. The average molecular weight is 293 g/mol. The van der Waals surface area contributed by atoms with Crippen LogP contribution in [0.15, 0.2) is 36.4 Å². The van der Waals surface area contributed by atoms with Crippen LogP contribution in [0.4, 0.5) is 8.78 Å². The summed E-state index contributed by atoms with van der Waals surface area (Å²) in [7, 11) is 0. The number of alkyl halides is 2. The fraction of sp³-hybridized carbons (Fsp3) is 0.375. The highest BCUT2D eigenvalue weighted by molar-refractivity contribution is 7.12. The Balaban J connectivity index is 1.56. The molecule has 0 spiro atoms. The van der Waals surface area contributed by atoms with Crippen LogP contribution >= 0.6 is 11.3 Å². The Labute approximate surface area is 121 Å². The van der Waals surface area contributed by atoms with Gasteiger partial charge in [0.05, 0.1) is 6.54 Å².